The van der Waals surface area contributed by atoms with Gasteiger partial charge in [0.25, 0.3) is 5.91 Å². The molecule has 1 saturated heterocycles. The molecule has 2 aromatic rings. The number of hydrogen-bond acceptors (Lipinski definition) is 5. The van der Waals surface area contributed by atoms with Gasteiger partial charge in [0.05, 0.1) is 18.0 Å². The van der Waals surface area contributed by atoms with Crippen molar-refractivity contribution in [2.45, 2.75) is 49.5 Å². The van der Waals surface area contributed by atoms with Crippen molar-refractivity contribution in [2.75, 3.05) is 25.0 Å². The van der Waals surface area contributed by atoms with E-state index in [-0.39, 0.29) is 35.0 Å². The zero-order valence-electron chi connectivity index (χ0n) is 20.7. The molecule has 1 aliphatic heterocycles. The highest BCUT2D eigenvalue weighted by atomic mass is 35.5. The lowest BCUT2D eigenvalue weighted by Crippen LogP contribution is -2.50. The van der Waals surface area contributed by atoms with E-state index in [0.29, 0.717) is 12.8 Å². The maximum absolute atomic E-state index is 12.4. The molecule has 0 radical (unpaired) electrons. The van der Waals surface area contributed by atoms with Gasteiger partial charge in [0, 0.05) is 42.2 Å². The number of rotatable bonds is 8. The van der Waals surface area contributed by atoms with Crippen LogP contribution in [0.1, 0.15) is 54.4 Å². The van der Waals surface area contributed by atoms with Crippen LogP contribution < -0.4 is 11.1 Å². The Kier molecular flexibility index (Phi) is 6.93. The first-order valence-corrected chi connectivity index (χ1v) is 13.1. The molecule has 0 spiro atoms. The van der Waals surface area contributed by atoms with Gasteiger partial charge in [0.2, 0.25) is 5.91 Å². The second kappa shape index (κ2) is 10.2. The average molecular weight is 519 g/mol. The molecule has 1 saturated carbocycles. The molecule has 1 atom stereocenters. The second-order valence-electron chi connectivity index (χ2n) is 10.5. The van der Waals surface area contributed by atoms with Crippen molar-refractivity contribution in [1.82, 2.24) is 14.7 Å². The number of halogens is 1. The predicted octanol–water partition coefficient (Wildman–Crippen LogP) is 4.06. The Hall–Kier alpha value is -3.41. The topological polar surface area (TPSA) is 117 Å². The highest BCUT2D eigenvalue weighted by molar-refractivity contribution is 6.29. The largest absolute Gasteiger partial charge is 0.365 e. The molecule has 3 N–H and O–H groups in total. The smallest absolute Gasteiger partial charge is 0.254 e. The van der Waals surface area contributed by atoms with E-state index in [0.717, 1.165) is 43.9 Å². The predicted molar refractivity (Wildman–Crippen MR) is 142 cm³/mol. The molecular formula is C28H31ClN6O2. The number of anilines is 1. The number of piperidine rings is 1. The lowest BCUT2D eigenvalue weighted by Gasteiger charge is -2.44. The van der Waals surface area contributed by atoms with Crippen LogP contribution in [0.15, 0.2) is 59.8 Å². The molecule has 0 bridgehead atoms. The van der Waals surface area contributed by atoms with Crippen molar-refractivity contribution >= 4 is 29.2 Å². The normalized spacial score (nSPS) is 23.2. The standard InChI is InChI=1S/C28H31ClN6O2/c29-22-7-4-10-27(17-22,21-5-2-1-3-6-21)19-34-15-12-28(11-14-30,13-16-34)35-18-23(24(31)36)25(33-35)32-26(37)20-8-9-20/h1-7,10,18,20H,8-9,11-13,15-17,19H2,(H2,31,36)(H,32,33,37). The number of carbonyl (C=O) groups is 2. The SMILES string of the molecule is N#CCC1(n2cc(C(N)=O)c(NC(=O)C3CC3)n2)CCN(CC2(c3ccccc3)C=CC=C(Cl)C2)CC1. The molecule has 3 aliphatic rings. The summed E-state index contributed by atoms with van der Waals surface area (Å²) < 4.78 is 1.70. The van der Waals surface area contributed by atoms with E-state index in [2.05, 4.69) is 51.7 Å². The molecular weight excluding hydrogens is 488 g/mol. The number of nitriles is 1. The Labute approximate surface area is 221 Å². The second-order valence-corrected chi connectivity index (χ2v) is 11.0. The highest BCUT2D eigenvalue weighted by Gasteiger charge is 2.41. The van der Waals surface area contributed by atoms with Gasteiger partial charge in [-0.15, -0.1) is 0 Å². The summed E-state index contributed by atoms with van der Waals surface area (Å²) in [7, 11) is 0. The number of benzene rings is 1. The van der Waals surface area contributed by atoms with Gasteiger partial charge in [0.1, 0.15) is 5.56 Å². The van der Waals surface area contributed by atoms with E-state index in [4.69, 9.17) is 17.3 Å². The van der Waals surface area contributed by atoms with Crippen LogP contribution in [0.2, 0.25) is 0 Å². The van der Waals surface area contributed by atoms with Crippen LogP contribution in [-0.4, -0.2) is 46.1 Å². The molecule has 2 fully saturated rings. The molecule has 9 heteroatoms. The van der Waals surface area contributed by atoms with Gasteiger partial charge in [-0.3, -0.25) is 14.3 Å². The Morgan fingerprint density at radius 1 is 1.22 bits per heavy atom. The number of allylic oxidation sites excluding steroid dienone is 3. The monoisotopic (exact) mass is 518 g/mol. The highest BCUT2D eigenvalue weighted by Crippen LogP contribution is 2.40. The summed E-state index contributed by atoms with van der Waals surface area (Å²) in [6, 6.07) is 12.7. The summed E-state index contributed by atoms with van der Waals surface area (Å²) in [6.45, 7) is 2.30. The van der Waals surface area contributed by atoms with Crippen LogP contribution >= 0.6 is 11.6 Å². The van der Waals surface area contributed by atoms with Crippen molar-refractivity contribution in [1.29, 1.82) is 5.26 Å². The van der Waals surface area contributed by atoms with Gasteiger partial charge < -0.3 is 16.0 Å². The number of nitrogens with zero attached hydrogens (tertiary/aromatic N) is 4. The van der Waals surface area contributed by atoms with E-state index >= 15 is 0 Å². The summed E-state index contributed by atoms with van der Waals surface area (Å²) in [5, 5.41) is 17.9. The van der Waals surface area contributed by atoms with E-state index in [1.165, 1.54) is 5.56 Å². The first kappa shape index (κ1) is 25.2. The molecule has 2 heterocycles. The van der Waals surface area contributed by atoms with Gasteiger partial charge >= 0.3 is 0 Å². The van der Waals surface area contributed by atoms with Crippen LogP contribution in [0.3, 0.4) is 0 Å². The zero-order chi connectivity index (χ0) is 26.0. The fourth-order valence-corrected chi connectivity index (χ4v) is 5.85. The number of nitrogens with one attached hydrogen (secondary N) is 1. The minimum atomic E-state index is -0.652. The maximum atomic E-state index is 12.4. The minimum absolute atomic E-state index is 0.0312. The molecule has 37 heavy (non-hydrogen) atoms. The molecule has 192 valence electrons. The summed E-state index contributed by atoms with van der Waals surface area (Å²) in [6.07, 6.45) is 11.8. The molecule has 1 unspecified atom stereocenters. The fourth-order valence-electron chi connectivity index (χ4n) is 5.54. The molecule has 1 aromatic carbocycles. The van der Waals surface area contributed by atoms with Gasteiger partial charge in [0.15, 0.2) is 5.82 Å². The zero-order valence-corrected chi connectivity index (χ0v) is 21.5. The quantitative estimate of drug-likeness (QED) is 0.546. The van der Waals surface area contributed by atoms with Crippen LogP contribution in [-0.2, 0) is 15.7 Å². The molecule has 2 amide bonds. The van der Waals surface area contributed by atoms with Crippen LogP contribution in [0.25, 0.3) is 0 Å². The van der Waals surface area contributed by atoms with Gasteiger partial charge in [-0.1, -0.05) is 54.1 Å². The molecule has 1 aromatic heterocycles. The Balaban J connectivity index is 1.36. The first-order valence-electron chi connectivity index (χ1n) is 12.7. The Morgan fingerprint density at radius 2 is 1.95 bits per heavy atom. The van der Waals surface area contributed by atoms with Crippen LogP contribution in [0.5, 0.6) is 0 Å². The lowest BCUT2D eigenvalue weighted by atomic mass is 9.74. The molecule has 8 nitrogen and oxygen atoms in total. The van der Waals surface area contributed by atoms with Crippen molar-refractivity contribution in [3.8, 4) is 6.07 Å². The summed E-state index contributed by atoms with van der Waals surface area (Å²) >= 11 is 6.51. The third-order valence-corrected chi connectivity index (χ3v) is 8.14. The number of likely N-dealkylation sites (tertiary alicyclic amines) is 1. The third-order valence-electron chi connectivity index (χ3n) is 7.88. The van der Waals surface area contributed by atoms with E-state index in [9.17, 15) is 14.9 Å². The van der Waals surface area contributed by atoms with E-state index in [1.54, 1.807) is 10.9 Å². The van der Waals surface area contributed by atoms with E-state index in [1.807, 2.05) is 18.2 Å². The van der Waals surface area contributed by atoms with Crippen LogP contribution in [0.4, 0.5) is 5.82 Å². The number of carbonyl (C=O) groups excluding carboxylic acids is 2. The van der Waals surface area contributed by atoms with Gasteiger partial charge in [-0.05, 0) is 43.7 Å². The Bertz CT molecular complexity index is 1280. The fraction of sp³-hybridized carbons (Fsp3) is 0.429. The van der Waals surface area contributed by atoms with Gasteiger partial charge in [-0.2, -0.15) is 10.4 Å². The molecule has 2 aliphatic carbocycles. The summed E-state index contributed by atoms with van der Waals surface area (Å²) in [5.74, 6) is -0.644. The third kappa shape index (κ3) is 5.20. The summed E-state index contributed by atoms with van der Waals surface area (Å²) in [4.78, 5) is 26.9. The number of amides is 2. The number of hydrogen-bond donors (Lipinski definition) is 2. The van der Waals surface area contributed by atoms with Crippen molar-refractivity contribution in [3.05, 3.63) is 70.9 Å². The van der Waals surface area contributed by atoms with Gasteiger partial charge in [-0.25, -0.2) is 0 Å². The van der Waals surface area contributed by atoms with Crippen molar-refractivity contribution in [3.63, 3.8) is 0 Å². The number of nitrogens with two attached hydrogens (primary N) is 1. The first-order chi connectivity index (χ1) is 17.8. The maximum Gasteiger partial charge on any atom is 0.254 e. The Morgan fingerprint density at radius 3 is 2.57 bits per heavy atom. The minimum Gasteiger partial charge on any atom is -0.365 e. The van der Waals surface area contributed by atoms with E-state index < -0.39 is 11.4 Å². The van der Waals surface area contributed by atoms with Crippen LogP contribution in [0, 0.1) is 17.2 Å². The lowest BCUT2D eigenvalue weighted by molar-refractivity contribution is -0.117. The number of primary amides is 1. The number of aromatic nitrogens is 2. The molecule has 5 rings (SSSR count). The average Bonchev–Trinajstić information content (AvgIpc) is 3.66. The van der Waals surface area contributed by atoms with Crippen molar-refractivity contribution < 1.29 is 9.59 Å². The van der Waals surface area contributed by atoms with Crippen molar-refractivity contribution in [2.24, 2.45) is 11.7 Å². The summed E-state index contributed by atoms with van der Waals surface area (Å²) in [5.41, 5.74) is 6.19.